The zero-order valence-electron chi connectivity index (χ0n) is 13.7. The molecular formula is C19H21ClN2O2. The second-order valence-electron chi connectivity index (χ2n) is 5.87. The van der Waals surface area contributed by atoms with Crippen LogP contribution in [-0.2, 0) is 4.79 Å². The molecule has 1 heterocycles. The van der Waals surface area contributed by atoms with Gasteiger partial charge in [0, 0.05) is 36.9 Å². The Morgan fingerprint density at radius 1 is 1.04 bits per heavy atom. The van der Waals surface area contributed by atoms with Gasteiger partial charge in [-0.15, -0.1) is 0 Å². The molecule has 0 bridgehead atoms. The van der Waals surface area contributed by atoms with Crippen molar-refractivity contribution in [3.8, 4) is 5.75 Å². The number of hydrogen-bond donors (Lipinski definition) is 0. The number of benzene rings is 2. The average Bonchev–Trinajstić information content (AvgIpc) is 2.62. The molecule has 1 aliphatic heterocycles. The summed E-state index contributed by atoms with van der Waals surface area (Å²) in [5.74, 6) is 0.750. The van der Waals surface area contributed by atoms with Gasteiger partial charge >= 0.3 is 0 Å². The Balaban J connectivity index is 1.55. The summed E-state index contributed by atoms with van der Waals surface area (Å²) in [7, 11) is 0. The van der Waals surface area contributed by atoms with Gasteiger partial charge < -0.3 is 14.5 Å². The molecule has 0 radical (unpaired) electrons. The van der Waals surface area contributed by atoms with E-state index in [0.29, 0.717) is 13.1 Å². The molecule has 3 rings (SSSR count). The van der Waals surface area contributed by atoms with Gasteiger partial charge in [0.1, 0.15) is 5.75 Å². The van der Waals surface area contributed by atoms with Crippen LogP contribution in [0, 0.1) is 0 Å². The van der Waals surface area contributed by atoms with Crippen LogP contribution < -0.4 is 9.64 Å². The molecule has 0 aliphatic carbocycles. The lowest BCUT2D eigenvalue weighted by atomic mass is 10.2. The molecule has 2 aromatic rings. The van der Waals surface area contributed by atoms with Gasteiger partial charge in [0.15, 0.2) is 6.10 Å². The minimum absolute atomic E-state index is 0.0320. The first-order valence-corrected chi connectivity index (χ1v) is 8.52. The molecule has 1 fully saturated rings. The van der Waals surface area contributed by atoms with Crippen molar-refractivity contribution in [3.63, 3.8) is 0 Å². The maximum Gasteiger partial charge on any atom is 0.263 e. The predicted molar refractivity (Wildman–Crippen MR) is 96.8 cm³/mol. The highest BCUT2D eigenvalue weighted by molar-refractivity contribution is 6.30. The van der Waals surface area contributed by atoms with E-state index in [0.717, 1.165) is 29.5 Å². The first-order chi connectivity index (χ1) is 11.6. The number of carbonyl (C=O) groups is 1. The Kier molecular flexibility index (Phi) is 5.26. The Labute approximate surface area is 147 Å². The quantitative estimate of drug-likeness (QED) is 0.851. The van der Waals surface area contributed by atoms with Crippen LogP contribution in [0.1, 0.15) is 6.92 Å². The largest absolute Gasteiger partial charge is 0.481 e. The fraction of sp³-hybridized carbons (Fsp3) is 0.316. The van der Waals surface area contributed by atoms with Gasteiger partial charge in [-0.1, -0.05) is 35.9 Å². The number of carbonyl (C=O) groups excluding carboxylic acids is 1. The van der Waals surface area contributed by atoms with E-state index in [1.165, 1.54) is 0 Å². The number of hydrogen-bond acceptors (Lipinski definition) is 3. The van der Waals surface area contributed by atoms with Gasteiger partial charge in [-0.3, -0.25) is 4.79 Å². The third-order valence-corrected chi connectivity index (χ3v) is 4.40. The van der Waals surface area contributed by atoms with Gasteiger partial charge in [0.25, 0.3) is 5.91 Å². The first kappa shape index (κ1) is 16.7. The normalized spacial score (nSPS) is 15.9. The van der Waals surface area contributed by atoms with Crippen molar-refractivity contribution in [3.05, 3.63) is 59.6 Å². The highest BCUT2D eigenvalue weighted by atomic mass is 35.5. The van der Waals surface area contributed by atoms with Crippen molar-refractivity contribution < 1.29 is 9.53 Å². The second kappa shape index (κ2) is 7.58. The monoisotopic (exact) mass is 344 g/mol. The number of anilines is 1. The molecule has 24 heavy (non-hydrogen) atoms. The van der Waals surface area contributed by atoms with E-state index >= 15 is 0 Å². The van der Waals surface area contributed by atoms with Crippen LogP contribution in [0.3, 0.4) is 0 Å². The van der Waals surface area contributed by atoms with Crippen LogP contribution in [-0.4, -0.2) is 43.1 Å². The molecule has 1 saturated heterocycles. The minimum Gasteiger partial charge on any atom is -0.481 e. The Bertz CT molecular complexity index is 685. The molecule has 1 aliphatic rings. The van der Waals surface area contributed by atoms with Crippen molar-refractivity contribution in [2.75, 3.05) is 31.1 Å². The number of nitrogens with zero attached hydrogens (tertiary/aromatic N) is 2. The van der Waals surface area contributed by atoms with Crippen LogP contribution in [0.4, 0.5) is 5.69 Å². The lowest BCUT2D eigenvalue weighted by Crippen LogP contribution is -2.52. The topological polar surface area (TPSA) is 32.8 Å². The predicted octanol–water partition coefficient (Wildman–Crippen LogP) is 3.46. The summed E-state index contributed by atoms with van der Waals surface area (Å²) in [6.07, 6.45) is -0.481. The summed E-state index contributed by atoms with van der Waals surface area (Å²) in [6, 6.07) is 17.3. The zero-order valence-corrected chi connectivity index (χ0v) is 14.4. The summed E-state index contributed by atoms with van der Waals surface area (Å²) in [5.41, 5.74) is 1.10. The number of piperazine rings is 1. The molecule has 0 spiro atoms. The Hall–Kier alpha value is -2.20. The lowest BCUT2D eigenvalue weighted by Gasteiger charge is -2.37. The van der Waals surface area contributed by atoms with E-state index in [2.05, 4.69) is 4.90 Å². The SMILES string of the molecule is C[C@H](Oc1ccccc1)C(=O)N1CCN(c2cccc(Cl)c2)CC1. The van der Waals surface area contributed by atoms with E-state index in [4.69, 9.17) is 16.3 Å². The van der Waals surface area contributed by atoms with Gasteiger partial charge in [0.05, 0.1) is 0 Å². The summed E-state index contributed by atoms with van der Waals surface area (Å²) >= 11 is 6.05. The number of para-hydroxylation sites is 1. The summed E-state index contributed by atoms with van der Waals surface area (Å²) in [4.78, 5) is 16.7. The van der Waals surface area contributed by atoms with Crippen molar-refractivity contribution in [2.24, 2.45) is 0 Å². The second-order valence-corrected chi connectivity index (χ2v) is 6.30. The zero-order chi connectivity index (χ0) is 16.9. The van der Waals surface area contributed by atoms with Crippen LogP contribution in [0.5, 0.6) is 5.75 Å². The van der Waals surface area contributed by atoms with Crippen LogP contribution in [0.15, 0.2) is 54.6 Å². The van der Waals surface area contributed by atoms with Gasteiger partial charge in [-0.25, -0.2) is 0 Å². The van der Waals surface area contributed by atoms with Crippen LogP contribution in [0.2, 0.25) is 5.02 Å². The van der Waals surface area contributed by atoms with E-state index in [1.807, 2.05) is 59.5 Å². The molecule has 5 heteroatoms. The summed E-state index contributed by atoms with van der Waals surface area (Å²) in [5, 5.41) is 0.732. The minimum atomic E-state index is -0.481. The molecule has 0 unspecified atom stereocenters. The molecule has 0 N–H and O–H groups in total. The van der Waals surface area contributed by atoms with E-state index in [9.17, 15) is 4.79 Å². The molecule has 0 saturated carbocycles. The molecule has 0 aromatic heterocycles. The number of rotatable bonds is 4. The molecule has 4 nitrogen and oxygen atoms in total. The fourth-order valence-electron chi connectivity index (χ4n) is 2.87. The maximum atomic E-state index is 12.6. The van der Waals surface area contributed by atoms with E-state index in [-0.39, 0.29) is 5.91 Å². The summed E-state index contributed by atoms with van der Waals surface area (Å²) in [6.45, 7) is 4.77. The molecule has 1 amide bonds. The van der Waals surface area contributed by atoms with Crippen LogP contribution in [0.25, 0.3) is 0 Å². The smallest absolute Gasteiger partial charge is 0.263 e. The number of amides is 1. The Morgan fingerprint density at radius 2 is 1.75 bits per heavy atom. The van der Waals surface area contributed by atoms with Gasteiger partial charge in [-0.05, 0) is 37.3 Å². The molecule has 2 aromatic carbocycles. The lowest BCUT2D eigenvalue weighted by molar-refractivity contribution is -0.138. The van der Waals surface area contributed by atoms with Crippen molar-refractivity contribution in [1.82, 2.24) is 4.90 Å². The third-order valence-electron chi connectivity index (χ3n) is 4.17. The van der Waals surface area contributed by atoms with Crippen molar-refractivity contribution in [2.45, 2.75) is 13.0 Å². The molecule has 126 valence electrons. The first-order valence-electron chi connectivity index (χ1n) is 8.14. The highest BCUT2D eigenvalue weighted by Gasteiger charge is 2.26. The molecular weight excluding hydrogens is 324 g/mol. The van der Waals surface area contributed by atoms with Crippen molar-refractivity contribution in [1.29, 1.82) is 0 Å². The average molecular weight is 345 g/mol. The fourth-order valence-corrected chi connectivity index (χ4v) is 3.05. The Morgan fingerprint density at radius 3 is 2.42 bits per heavy atom. The highest BCUT2D eigenvalue weighted by Crippen LogP contribution is 2.21. The van der Waals surface area contributed by atoms with Crippen LogP contribution >= 0.6 is 11.6 Å². The number of ether oxygens (including phenoxy) is 1. The van der Waals surface area contributed by atoms with Crippen molar-refractivity contribution >= 4 is 23.2 Å². The summed E-state index contributed by atoms with van der Waals surface area (Å²) < 4.78 is 5.73. The maximum absolute atomic E-state index is 12.6. The standard InChI is InChI=1S/C19H21ClN2O2/c1-15(24-18-8-3-2-4-9-18)19(23)22-12-10-21(11-13-22)17-7-5-6-16(20)14-17/h2-9,14-15H,10-13H2,1H3/t15-/m0/s1. The van der Waals surface area contributed by atoms with E-state index in [1.54, 1.807) is 6.92 Å². The number of halogens is 1. The third kappa shape index (κ3) is 4.01. The molecule has 1 atom stereocenters. The van der Waals surface area contributed by atoms with E-state index < -0.39 is 6.10 Å². The van der Waals surface area contributed by atoms with Gasteiger partial charge in [0.2, 0.25) is 0 Å². The van der Waals surface area contributed by atoms with Gasteiger partial charge in [-0.2, -0.15) is 0 Å².